The number of rotatable bonds is 6. The Morgan fingerprint density at radius 3 is 2.18 bits per heavy atom. The minimum atomic E-state index is 0.155. The molecule has 2 heteroatoms. The quantitative estimate of drug-likeness (QED) is 0.557. The Bertz CT molecular complexity index is 854. The van der Waals surface area contributed by atoms with Crippen molar-refractivity contribution in [3.05, 3.63) is 102 Å². The Morgan fingerprint density at radius 2 is 1.46 bits per heavy atom. The maximum Gasteiger partial charge on any atom is 0.120 e. The number of benzene rings is 3. The lowest BCUT2D eigenvalue weighted by Crippen LogP contribution is -2.25. The second-order valence-corrected chi connectivity index (χ2v) is 7.89. The van der Waals surface area contributed by atoms with Crippen molar-refractivity contribution < 1.29 is 4.74 Å². The smallest absolute Gasteiger partial charge is 0.120 e. The summed E-state index contributed by atoms with van der Waals surface area (Å²) in [5.74, 6) is 2.15. The average Bonchev–Trinajstić information content (AvgIpc) is 2.79. The lowest BCUT2D eigenvalue weighted by molar-refractivity contribution is 0.282. The summed E-state index contributed by atoms with van der Waals surface area (Å²) >= 11 is 0. The molecule has 1 atom stereocenters. The Balaban J connectivity index is 1.34. The molecule has 2 nitrogen and oxygen atoms in total. The van der Waals surface area contributed by atoms with Crippen LogP contribution in [0.2, 0.25) is 0 Å². The summed E-state index contributed by atoms with van der Waals surface area (Å²) < 4.78 is 6.02. The molecule has 1 fully saturated rings. The Morgan fingerprint density at radius 1 is 0.786 bits per heavy atom. The summed E-state index contributed by atoms with van der Waals surface area (Å²) in [6.07, 6.45) is 4.78. The van der Waals surface area contributed by atoms with Crippen molar-refractivity contribution in [2.45, 2.75) is 44.2 Å². The zero-order chi connectivity index (χ0) is 19.2. The van der Waals surface area contributed by atoms with Crippen LogP contribution in [0.1, 0.15) is 54.3 Å². The molecule has 28 heavy (non-hydrogen) atoms. The second kappa shape index (κ2) is 9.07. The van der Waals surface area contributed by atoms with E-state index in [9.17, 15) is 0 Å². The molecule has 1 aliphatic carbocycles. The van der Waals surface area contributed by atoms with Crippen LogP contribution in [0, 0.1) is 5.92 Å². The summed E-state index contributed by atoms with van der Waals surface area (Å²) in [6.45, 7) is 0.614. The molecule has 4 rings (SSSR count). The van der Waals surface area contributed by atoms with E-state index >= 15 is 0 Å². The van der Waals surface area contributed by atoms with Crippen molar-refractivity contribution in [3.8, 4) is 5.75 Å². The van der Waals surface area contributed by atoms with E-state index in [1.165, 1.54) is 42.4 Å². The third kappa shape index (κ3) is 4.63. The molecule has 3 aromatic carbocycles. The topological polar surface area (TPSA) is 35.2 Å². The van der Waals surface area contributed by atoms with E-state index in [0.29, 0.717) is 18.4 Å². The zero-order valence-electron chi connectivity index (χ0n) is 16.3. The van der Waals surface area contributed by atoms with Gasteiger partial charge in [0.05, 0.1) is 0 Å². The van der Waals surface area contributed by atoms with E-state index in [2.05, 4.69) is 66.7 Å². The van der Waals surface area contributed by atoms with Gasteiger partial charge in [0.25, 0.3) is 0 Å². The van der Waals surface area contributed by atoms with E-state index in [0.717, 1.165) is 5.75 Å². The number of nitrogens with two attached hydrogens (primary N) is 1. The van der Waals surface area contributed by atoms with Gasteiger partial charge in [0.15, 0.2) is 0 Å². The fraction of sp³-hybridized carbons (Fsp3) is 0.308. The highest BCUT2D eigenvalue weighted by atomic mass is 16.5. The number of hydrogen-bond donors (Lipinski definition) is 1. The van der Waals surface area contributed by atoms with E-state index < -0.39 is 0 Å². The molecule has 0 amide bonds. The molecule has 1 saturated carbocycles. The van der Waals surface area contributed by atoms with Gasteiger partial charge in [0.1, 0.15) is 12.4 Å². The highest BCUT2D eigenvalue weighted by molar-refractivity contribution is 5.31. The Hall–Kier alpha value is -2.58. The highest BCUT2D eigenvalue weighted by Gasteiger charge is 2.27. The predicted octanol–water partition coefficient (Wildman–Crippen LogP) is 6.24. The first kappa shape index (κ1) is 18.8. The normalized spacial score (nSPS) is 20.5. The molecular weight excluding hydrogens is 342 g/mol. The van der Waals surface area contributed by atoms with Crippen LogP contribution >= 0.6 is 0 Å². The van der Waals surface area contributed by atoms with Crippen LogP contribution in [0.5, 0.6) is 5.75 Å². The molecule has 0 spiro atoms. The van der Waals surface area contributed by atoms with E-state index in [-0.39, 0.29) is 6.04 Å². The molecule has 0 bridgehead atoms. The van der Waals surface area contributed by atoms with Gasteiger partial charge < -0.3 is 10.5 Å². The molecule has 0 saturated heterocycles. The van der Waals surface area contributed by atoms with Crippen LogP contribution in [0.4, 0.5) is 0 Å². The van der Waals surface area contributed by atoms with Gasteiger partial charge in [-0.25, -0.2) is 0 Å². The van der Waals surface area contributed by atoms with Crippen molar-refractivity contribution in [3.63, 3.8) is 0 Å². The lowest BCUT2D eigenvalue weighted by atomic mass is 9.75. The summed E-state index contributed by atoms with van der Waals surface area (Å²) in [4.78, 5) is 0. The molecule has 1 unspecified atom stereocenters. The molecule has 3 aromatic rings. The predicted molar refractivity (Wildman–Crippen MR) is 115 cm³/mol. The third-order valence-electron chi connectivity index (χ3n) is 6.04. The van der Waals surface area contributed by atoms with Gasteiger partial charge in [-0.3, -0.25) is 0 Å². The van der Waals surface area contributed by atoms with E-state index in [4.69, 9.17) is 10.5 Å². The van der Waals surface area contributed by atoms with Gasteiger partial charge in [-0.1, -0.05) is 72.8 Å². The van der Waals surface area contributed by atoms with Crippen LogP contribution in [-0.2, 0) is 6.61 Å². The van der Waals surface area contributed by atoms with Crippen molar-refractivity contribution in [2.24, 2.45) is 11.7 Å². The van der Waals surface area contributed by atoms with Crippen molar-refractivity contribution >= 4 is 0 Å². The molecule has 1 aliphatic rings. The monoisotopic (exact) mass is 371 g/mol. The second-order valence-electron chi connectivity index (χ2n) is 7.89. The van der Waals surface area contributed by atoms with Crippen LogP contribution in [0.25, 0.3) is 0 Å². The Labute approximate surface area is 168 Å². The largest absolute Gasteiger partial charge is 0.489 e. The molecule has 144 valence electrons. The first-order chi connectivity index (χ1) is 13.8. The molecule has 0 radical (unpaired) electrons. The number of hydrogen-bond acceptors (Lipinski definition) is 2. The molecule has 0 aromatic heterocycles. The lowest BCUT2D eigenvalue weighted by Gasteiger charge is -2.32. The molecule has 0 heterocycles. The van der Waals surface area contributed by atoms with Gasteiger partial charge in [-0.2, -0.15) is 0 Å². The fourth-order valence-corrected chi connectivity index (χ4v) is 4.36. The van der Waals surface area contributed by atoms with Crippen LogP contribution in [0.3, 0.4) is 0 Å². The van der Waals surface area contributed by atoms with Crippen LogP contribution in [0.15, 0.2) is 84.9 Å². The van der Waals surface area contributed by atoms with Crippen LogP contribution in [-0.4, -0.2) is 0 Å². The first-order valence-electron chi connectivity index (χ1n) is 10.4. The summed E-state index contributed by atoms with van der Waals surface area (Å²) in [5, 5.41) is 0. The van der Waals surface area contributed by atoms with Crippen molar-refractivity contribution in [2.75, 3.05) is 0 Å². The summed E-state index contributed by atoms with van der Waals surface area (Å²) in [6, 6.07) is 29.7. The van der Waals surface area contributed by atoms with Crippen molar-refractivity contribution in [1.29, 1.82) is 0 Å². The standard InChI is InChI=1S/C26H29NO/c27-26(22-10-5-2-6-11-22)23-16-14-21(15-17-23)24-12-7-13-25(18-24)28-19-20-8-3-1-4-9-20/h1-13,18,21,23,26H,14-17,19,27H2. The van der Waals surface area contributed by atoms with Gasteiger partial charge in [-0.15, -0.1) is 0 Å². The fourth-order valence-electron chi connectivity index (χ4n) is 4.36. The molecule has 2 N–H and O–H groups in total. The minimum absolute atomic E-state index is 0.155. The van der Waals surface area contributed by atoms with Gasteiger partial charge in [-0.05, 0) is 66.3 Å². The maximum absolute atomic E-state index is 6.55. The third-order valence-corrected chi connectivity index (χ3v) is 6.04. The van der Waals surface area contributed by atoms with Gasteiger partial charge in [0.2, 0.25) is 0 Å². The molecular formula is C26H29NO. The van der Waals surface area contributed by atoms with Crippen molar-refractivity contribution in [1.82, 2.24) is 0 Å². The SMILES string of the molecule is NC(c1ccccc1)C1CCC(c2cccc(OCc3ccccc3)c2)CC1. The Kier molecular flexibility index (Phi) is 6.08. The number of ether oxygens (including phenoxy) is 1. The van der Waals surface area contributed by atoms with Gasteiger partial charge >= 0.3 is 0 Å². The van der Waals surface area contributed by atoms with E-state index in [1.54, 1.807) is 0 Å². The van der Waals surface area contributed by atoms with E-state index in [1.807, 2.05) is 18.2 Å². The van der Waals surface area contributed by atoms with Crippen LogP contribution < -0.4 is 10.5 Å². The maximum atomic E-state index is 6.55. The highest BCUT2D eigenvalue weighted by Crippen LogP contribution is 2.40. The summed E-state index contributed by atoms with van der Waals surface area (Å²) in [5.41, 5.74) is 10.4. The average molecular weight is 372 g/mol. The summed E-state index contributed by atoms with van der Waals surface area (Å²) in [7, 11) is 0. The molecule has 0 aliphatic heterocycles. The zero-order valence-corrected chi connectivity index (χ0v) is 16.3. The first-order valence-corrected chi connectivity index (χ1v) is 10.4. The van der Waals surface area contributed by atoms with Gasteiger partial charge in [0, 0.05) is 6.04 Å². The minimum Gasteiger partial charge on any atom is -0.489 e.